The number of esters is 1. The maximum Gasteiger partial charge on any atom is 0.345 e. The highest BCUT2D eigenvalue weighted by Gasteiger charge is 2.26. The summed E-state index contributed by atoms with van der Waals surface area (Å²) in [5.74, 6) is -2.84. The third-order valence-electron chi connectivity index (χ3n) is 3.32. The van der Waals surface area contributed by atoms with Gasteiger partial charge in [0.25, 0.3) is 0 Å². The Hall–Kier alpha value is -1.93. The second kappa shape index (κ2) is 12.4. The third-order valence-corrected chi connectivity index (χ3v) is 3.32. The Kier molecular flexibility index (Phi) is 11.5. The van der Waals surface area contributed by atoms with E-state index in [1.165, 1.54) is 0 Å². The van der Waals surface area contributed by atoms with Crippen molar-refractivity contribution in [2.75, 3.05) is 13.1 Å². The van der Waals surface area contributed by atoms with Gasteiger partial charge in [0, 0.05) is 13.0 Å². The van der Waals surface area contributed by atoms with E-state index >= 15 is 0 Å². The van der Waals surface area contributed by atoms with Gasteiger partial charge in [0.15, 0.2) is 6.10 Å². The van der Waals surface area contributed by atoms with E-state index in [-0.39, 0.29) is 31.3 Å². The monoisotopic (exact) mass is 358 g/mol. The highest BCUT2D eigenvalue weighted by Crippen LogP contribution is 2.11. The van der Waals surface area contributed by atoms with Crippen molar-refractivity contribution in [3.8, 4) is 0 Å². The minimum Gasteiger partial charge on any atom is -0.479 e. The fraction of sp³-hybridized carbons (Fsp3) is 0.706. The van der Waals surface area contributed by atoms with Crippen LogP contribution in [-0.4, -0.2) is 53.5 Å². The molecular formula is C17H30N2O6. The molecule has 0 rings (SSSR count). The molecule has 8 nitrogen and oxygen atoms in total. The molecule has 0 spiro atoms. The van der Waals surface area contributed by atoms with E-state index in [4.69, 9.17) is 9.84 Å². The Balaban J connectivity index is 4.21. The lowest BCUT2D eigenvalue weighted by atomic mass is 10.1. The molecule has 1 amide bonds. The molecule has 0 radical (unpaired) electrons. The van der Waals surface area contributed by atoms with Gasteiger partial charge in [-0.3, -0.25) is 14.9 Å². The zero-order valence-electron chi connectivity index (χ0n) is 15.3. The number of rotatable bonds is 12. The molecule has 3 atom stereocenters. The quantitative estimate of drug-likeness (QED) is 0.229. The van der Waals surface area contributed by atoms with Gasteiger partial charge in [-0.25, -0.2) is 4.79 Å². The fourth-order valence-electron chi connectivity index (χ4n) is 1.86. The highest BCUT2D eigenvalue weighted by molar-refractivity contribution is 5.81. The lowest BCUT2D eigenvalue weighted by Gasteiger charge is -2.19. The van der Waals surface area contributed by atoms with Crippen molar-refractivity contribution in [2.45, 2.75) is 52.9 Å². The van der Waals surface area contributed by atoms with E-state index in [0.29, 0.717) is 6.42 Å². The van der Waals surface area contributed by atoms with Crippen molar-refractivity contribution in [3.05, 3.63) is 12.2 Å². The number of aliphatic hydroxyl groups is 1. The number of aliphatic hydroxyl groups excluding tert-OH is 1. The first kappa shape index (κ1) is 23.1. The summed E-state index contributed by atoms with van der Waals surface area (Å²) in [4.78, 5) is 34.7. The lowest BCUT2D eigenvalue weighted by Crippen LogP contribution is -2.41. The first-order valence-electron chi connectivity index (χ1n) is 8.39. The molecule has 8 heteroatoms. The van der Waals surface area contributed by atoms with Crippen molar-refractivity contribution in [2.24, 2.45) is 11.8 Å². The van der Waals surface area contributed by atoms with Crippen molar-refractivity contribution < 1.29 is 29.3 Å². The Morgan fingerprint density at radius 2 is 1.84 bits per heavy atom. The van der Waals surface area contributed by atoms with Crippen LogP contribution in [0, 0.1) is 11.8 Å². The standard InChI is InChI=1S/C17H30N2O6/c1-5-6-7-14(20)19-10-15(21)18-9-12(4)17(24)25-13(16(22)23)8-11(2)3/h5-6,11-14,19-20H,7-10H2,1-4H3,(H,18,21)(H,22,23). The largest absolute Gasteiger partial charge is 0.479 e. The molecule has 0 saturated heterocycles. The van der Waals surface area contributed by atoms with Gasteiger partial charge >= 0.3 is 11.9 Å². The molecule has 0 heterocycles. The van der Waals surface area contributed by atoms with Crippen LogP contribution in [-0.2, 0) is 19.1 Å². The maximum absolute atomic E-state index is 11.9. The molecule has 0 fully saturated rings. The second-order valence-corrected chi connectivity index (χ2v) is 6.30. The molecule has 0 aromatic rings. The number of carboxylic acids is 1. The SMILES string of the molecule is CC=CCC(O)NCC(=O)NCC(C)C(=O)OC(CC(C)C)C(=O)O. The molecule has 0 bridgehead atoms. The second-order valence-electron chi connectivity index (χ2n) is 6.30. The first-order chi connectivity index (χ1) is 11.7. The predicted octanol–water partition coefficient (Wildman–Crippen LogP) is 0.655. The predicted molar refractivity (Wildman–Crippen MR) is 92.6 cm³/mol. The Labute approximate surface area is 148 Å². The van der Waals surface area contributed by atoms with Crippen LogP contribution in [0.5, 0.6) is 0 Å². The summed E-state index contributed by atoms with van der Waals surface area (Å²) in [5, 5.41) is 23.8. The zero-order chi connectivity index (χ0) is 19.4. The summed E-state index contributed by atoms with van der Waals surface area (Å²) in [5.41, 5.74) is 0. The number of hydrogen-bond donors (Lipinski definition) is 4. The highest BCUT2D eigenvalue weighted by atomic mass is 16.6. The third kappa shape index (κ3) is 11.3. The maximum atomic E-state index is 11.9. The van der Waals surface area contributed by atoms with Gasteiger partial charge in [0.1, 0.15) is 6.23 Å². The molecule has 25 heavy (non-hydrogen) atoms. The van der Waals surface area contributed by atoms with E-state index in [1.54, 1.807) is 19.1 Å². The summed E-state index contributed by atoms with van der Waals surface area (Å²) < 4.78 is 5.01. The van der Waals surface area contributed by atoms with Crippen molar-refractivity contribution in [3.63, 3.8) is 0 Å². The minimum atomic E-state index is -1.19. The van der Waals surface area contributed by atoms with Crippen molar-refractivity contribution in [1.29, 1.82) is 0 Å². The average Bonchev–Trinajstić information content (AvgIpc) is 2.54. The van der Waals surface area contributed by atoms with Crippen LogP contribution in [0.2, 0.25) is 0 Å². The Morgan fingerprint density at radius 3 is 2.36 bits per heavy atom. The smallest absolute Gasteiger partial charge is 0.345 e. The van der Waals surface area contributed by atoms with Crippen LogP contribution in [0.25, 0.3) is 0 Å². The number of carboxylic acid groups (broad SMARTS) is 1. The summed E-state index contributed by atoms with van der Waals surface area (Å²) in [6, 6.07) is 0. The molecule has 0 aromatic carbocycles. The number of carbonyl (C=O) groups is 3. The Bertz CT molecular complexity index is 464. The molecule has 144 valence electrons. The molecule has 4 N–H and O–H groups in total. The number of amides is 1. The van der Waals surface area contributed by atoms with Gasteiger partial charge in [0.05, 0.1) is 12.5 Å². The summed E-state index contributed by atoms with van der Waals surface area (Å²) in [7, 11) is 0. The number of allylic oxidation sites excluding steroid dienone is 1. The van der Waals surface area contributed by atoms with Gasteiger partial charge in [-0.15, -0.1) is 0 Å². The zero-order valence-corrected chi connectivity index (χ0v) is 15.3. The Morgan fingerprint density at radius 1 is 1.20 bits per heavy atom. The van der Waals surface area contributed by atoms with E-state index in [9.17, 15) is 19.5 Å². The van der Waals surface area contributed by atoms with Gasteiger partial charge < -0.3 is 20.3 Å². The van der Waals surface area contributed by atoms with Crippen molar-refractivity contribution >= 4 is 17.8 Å². The number of ether oxygens (including phenoxy) is 1. The number of carbonyl (C=O) groups excluding carboxylic acids is 2. The molecule has 0 saturated carbocycles. The van der Waals surface area contributed by atoms with Crippen LogP contribution in [0.15, 0.2) is 12.2 Å². The molecule has 0 aliphatic heterocycles. The van der Waals surface area contributed by atoms with Crippen LogP contribution in [0.4, 0.5) is 0 Å². The molecule has 0 aromatic heterocycles. The fourth-order valence-corrected chi connectivity index (χ4v) is 1.86. The summed E-state index contributed by atoms with van der Waals surface area (Å²) >= 11 is 0. The topological polar surface area (TPSA) is 125 Å². The first-order valence-corrected chi connectivity index (χ1v) is 8.39. The van der Waals surface area contributed by atoms with Crippen LogP contribution >= 0.6 is 0 Å². The average molecular weight is 358 g/mol. The number of nitrogens with one attached hydrogen (secondary N) is 2. The molecule has 0 aliphatic carbocycles. The van der Waals surface area contributed by atoms with Gasteiger partial charge in [0.2, 0.25) is 5.91 Å². The lowest BCUT2D eigenvalue weighted by molar-refractivity contribution is -0.167. The number of hydrogen-bond acceptors (Lipinski definition) is 6. The van der Waals surface area contributed by atoms with E-state index < -0.39 is 30.2 Å². The van der Waals surface area contributed by atoms with Gasteiger partial charge in [-0.1, -0.05) is 32.9 Å². The normalized spacial score (nSPS) is 15.0. The molecule has 0 aliphatic rings. The summed E-state index contributed by atoms with van der Waals surface area (Å²) in [6.45, 7) is 6.99. The van der Waals surface area contributed by atoms with E-state index in [2.05, 4.69) is 10.6 Å². The molecule has 3 unspecified atom stereocenters. The van der Waals surface area contributed by atoms with Crippen LogP contribution in [0.1, 0.15) is 40.5 Å². The van der Waals surface area contributed by atoms with E-state index in [0.717, 1.165) is 0 Å². The van der Waals surface area contributed by atoms with Crippen LogP contribution < -0.4 is 10.6 Å². The minimum absolute atomic E-state index is 0.0261. The van der Waals surface area contributed by atoms with Gasteiger partial charge in [-0.2, -0.15) is 0 Å². The summed E-state index contributed by atoms with van der Waals surface area (Å²) in [6.07, 6.45) is 2.17. The van der Waals surface area contributed by atoms with Gasteiger partial charge in [-0.05, 0) is 19.3 Å². The molecular weight excluding hydrogens is 328 g/mol. The van der Waals surface area contributed by atoms with Crippen LogP contribution in [0.3, 0.4) is 0 Å². The van der Waals surface area contributed by atoms with Crippen molar-refractivity contribution in [1.82, 2.24) is 10.6 Å². The number of aliphatic carboxylic acids is 1. The van der Waals surface area contributed by atoms with E-state index in [1.807, 2.05) is 20.8 Å².